The summed E-state index contributed by atoms with van der Waals surface area (Å²) in [6, 6.07) is 1.97. The first kappa shape index (κ1) is 12.2. The highest BCUT2D eigenvalue weighted by Gasteiger charge is 2.24. The third-order valence-electron chi connectivity index (χ3n) is 3.28. The SMILES string of the molecule is Cc1cc(C(C)NC(=O)C2CCCN2)c(C)o1. The van der Waals surface area contributed by atoms with Crippen LogP contribution in [0.3, 0.4) is 0 Å². The van der Waals surface area contributed by atoms with Gasteiger partial charge in [-0.15, -0.1) is 0 Å². The molecule has 2 rings (SSSR count). The number of hydrogen-bond acceptors (Lipinski definition) is 3. The Labute approximate surface area is 102 Å². The summed E-state index contributed by atoms with van der Waals surface area (Å²) in [5, 5.41) is 6.23. The minimum atomic E-state index is -0.0224. The van der Waals surface area contributed by atoms with Crippen molar-refractivity contribution in [3.05, 3.63) is 23.2 Å². The van der Waals surface area contributed by atoms with E-state index in [0.29, 0.717) is 0 Å². The normalized spacial score (nSPS) is 21.5. The van der Waals surface area contributed by atoms with E-state index < -0.39 is 0 Å². The Morgan fingerprint density at radius 2 is 2.35 bits per heavy atom. The van der Waals surface area contributed by atoms with Crippen molar-refractivity contribution in [3.8, 4) is 0 Å². The third-order valence-corrected chi connectivity index (χ3v) is 3.28. The highest BCUT2D eigenvalue weighted by molar-refractivity contribution is 5.82. The van der Waals surface area contributed by atoms with E-state index >= 15 is 0 Å². The van der Waals surface area contributed by atoms with Gasteiger partial charge < -0.3 is 15.1 Å². The molecule has 1 fully saturated rings. The molecule has 1 aliphatic rings. The van der Waals surface area contributed by atoms with Gasteiger partial charge in [0.2, 0.25) is 5.91 Å². The van der Waals surface area contributed by atoms with Crippen LogP contribution in [0.4, 0.5) is 0 Å². The second kappa shape index (κ2) is 4.92. The lowest BCUT2D eigenvalue weighted by Gasteiger charge is -2.16. The van der Waals surface area contributed by atoms with Crippen molar-refractivity contribution in [3.63, 3.8) is 0 Å². The van der Waals surface area contributed by atoms with Crippen molar-refractivity contribution in [1.82, 2.24) is 10.6 Å². The maximum atomic E-state index is 11.9. The predicted molar refractivity (Wildman–Crippen MR) is 65.8 cm³/mol. The molecule has 2 unspecified atom stereocenters. The number of rotatable bonds is 3. The molecule has 4 heteroatoms. The molecule has 1 aliphatic heterocycles. The zero-order valence-corrected chi connectivity index (χ0v) is 10.7. The average molecular weight is 236 g/mol. The van der Waals surface area contributed by atoms with E-state index in [1.807, 2.05) is 26.8 Å². The lowest BCUT2D eigenvalue weighted by molar-refractivity contribution is -0.123. The Kier molecular flexibility index (Phi) is 3.52. The smallest absolute Gasteiger partial charge is 0.237 e. The molecular formula is C13H20N2O2. The molecule has 0 saturated carbocycles. The lowest BCUT2D eigenvalue weighted by atomic mass is 10.1. The highest BCUT2D eigenvalue weighted by atomic mass is 16.3. The summed E-state index contributed by atoms with van der Waals surface area (Å²) < 4.78 is 5.48. The predicted octanol–water partition coefficient (Wildman–Crippen LogP) is 1.83. The number of nitrogens with one attached hydrogen (secondary N) is 2. The fraction of sp³-hybridized carbons (Fsp3) is 0.615. The minimum Gasteiger partial charge on any atom is -0.466 e. The number of amides is 1. The second-order valence-corrected chi connectivity index (χ2v) is 4.75. The van der Waals surface area contributed by atoms with E-state index in [-0.39, 0.29) is 18.0 Å². The van der Waals surface area contributed by atoms with E-state index in [2.05, 4.69) is 10.6 Å². The molecule has 1 aromatic heterocycles. The summed E-state index contributed by atoms with van der Waals surface area (Å²) in [7, 11) is 0. The summed E-state index contributed by atoms with van der Waals surface area (Å²) in [6.07, 6.45) is 2.01. The first-order chi connectivity index (χ1) is 8.08. The van der Waals surface area contributed by atoms with Gasteiger partial charge in [-0.25, -0.2) is 0 Å². The second-order valence-electron chi connectivity index (χ2n) is 4.75. The van der Waals surface area contributed by atoms with Crippen LogP contribution >= 0.6 is 0 Å². The molecule has 2 N–H and O–H groups in total. The molecule has 0 aromatic carbocycles. The molecule has 4 nitrogen and oxygen atoms in total. The largest absolute Gasteiger partial charge is 0.466 e. The van der Waals surface area contributed by atoms with Gasteiger partial charge in [0.25, 0.3) is 0 Å². The highest BCUT2D eigenvalue weighted by Crippen LogP contribution is 2.21. The molecule has 17 heavy (non-hydrogen) atoms. The molecular weight excluding hydrogens is 216 g/mol. The molecule has 0 radical (unpaired) electrons. The van der Waals surface area contributed by atoms with E-state index in [1.54, 1.807) is 0 Å². The van der Waals surface area contributed by atoms with Gasteiger partial charge in [0, 0.05) is 5.56 Å². The number of aryl methyl sites for hydroxylation is 2. The van der Waals surface area contributed by atoms with Gasteiger partial charge in [-0.2, -0.15) is 0 Å². The first-order valence-corrected chi connectivity index (χ1v) is 6.18. The summed E-state index contributed by atoms with van der Waals surface area (Å²) in [6.45, 7) is 6.78. The van der Waals surface area contributed by atoms with Crippen LogP contribution in [-0.2, 0) is 4.79 Å². The van der Waals surface area contributed by atoms with E-state index in [9.17, 15) is 4.79 Å². The van der Waals surface area contributed by atoms with Crippen molar-refractivity contribution >= 4 is 5.91 Å². The molecule has 0 aliphatic carbocycles. The van der Waals surface area contributed by atoms with Crippen molar-refractivity contribution in [1.29, 1.82) is 0 Å². The van der Waals surface area contributed by atoms with Gasteiger partial charge in [0.05, 0.1) is 12.1 Å². The number of hydrogen-bond donors (Lipinski definition) is 2. The Hall–Kier alpha value is -1.29. The fourth-order valence-corrected chi connectivity index (χ4v) is 2.38. The minimum absolute atomic E-state index is 0.00218. The van der Waals surface area contributed by atoms with Gasteiger partial charge in [0.15, 0.2) is 0 Å². The summed E-state index contributed by atoms with van der Waals surface area (Å²) in [5.41, 5.74) is 1.06. The van der Waals surface area contributed by atoms with E-state index in [1.165, 1.54) is 0 Å². The van der Waals surface area contributed by atoms with Crippen molar-refractivity contribution in [2.45, 2.75) is 45.7 Å². The van der Waals surface area contributed by atoms with Crippen molar-refractivity contribution < 1.29 is 9.21 Å². The zero-order valence-electron chi connectivity index (χ0n) is 10.7. The third kappa shape index (κ3) is 2.69. The number of carbonyl (C=O) groups is 1. The molecule has 1 saturated heterocycles. The maximum absolute atomic E-state index is 11.9. The number of carbonyl (C=O) groups excluding carboxylic acids is 1. The number of furan rings is 1. The molecule has 2 heterocycles. The van der Waals surface area contributed by atoms with Crippen LogP contribution in [-0.4, -0.2) is 18.5 Å². The summed E-state index contributed by atoms with van der Waals surface area (Å²) >= 11 is 0. The molecule has 0 bridgehead atoms. The molecule has 2 atom stereocenters. The first-order valence-electron chi connectivity index (χ1n) is 6.18. The van der Waals surface area contributed by atoms with Crippen LogP contribution in [0.2, 0.25) is 0 Å². The molecule has 94 valence electrons. The Morgan fingerprint density at radius 1 is 1.59 bits per heavy atom. The summed E-state index contributed by atoms with van der Waals surface area (Å²) in [4.78, 5) is 11.9. The topological polar surface area (TPSA) is 54.3 Å². The van der Waals surface area contributed by atoms with Gasteiger partial charge >= 0.3 is 0 Å². The maximum Gasteiger partial charge on any atom is 0.237 e. The van der Waals surface area contributed by atoms with Crippen LogP contribution in [0, 0.1) is 13.8 Å². The Bertz CT molecular complexity index is 406. The van der Waals surface area contributed by atoms with Crippen LogP contribution in [0.1, 0.15) is 42.9 Å². The van der Waals surface area contributed by atoms with E-state index in [0.717, 1.165) is 36.5 Å². The van der Waals surface area contributed by atoms with Crippen molar-refractivity contribution in [2.75, 3.05) is 6.54 Å². The molecule has 0 spiro atoms. The van der Waals surface area contributed by atoms with Crippen LogP contribution in [0.15, 0.2) is 10.5 Å². The van der Waals surface area contributed by atoms with Crippen LogP contribution in [0.25, 0.3) is 0 Å². The molecule has 1 amide bonds. The standard InChI is InChI=1S/C13H20N2O2/c1-8-7-11(10(3)17-8)9(2)15-13(16)12-5-4-6-14-12/h7,9,12,14H,4-6H2,1-3H3,(H,15,16). The van der Waals surface area contributed by atoms with Crippen LogP contribution in [0.5, 0.6) is 0 Å². The van der Waals surface area contributed by atoms with Gasteiger partial charge in [-0.1, -0.05) is 0 Å². The fourth-order valence-electron chi connectivity index (χ4n) is 2.38. The van der Waals surface area contributed by atoms with Crippen LogP contribution < -0.4 is 10.6 Å². The van der Waals surface area contributed by atoms with Gasteiger partial charge in [-0.05, 0) is 46.2 Å². The Balaban J connectivity index is 1.98. The zero-order chi connectivity index (χ0) is 12.4. The van der Waals surface area contributed by atoms with E-state index in [4.69, 9.17) is 4.42 Å². The molecule has 1 aromatic rings. The quantitative estimate of drug-likeness (QED) is 0.841. The Morgan fingerprint density at radius 3 is 2.88 bits per heavy atom. The van der Waals surface area contributed by atoms with Gasteiger partial charge in [0.1, 0.15) is 11.5 Å². The van der Waals surface area contributed by atoms with Gasteiger partial charge in [-0.3, -0.25) is 4.79 Å². The monoisotopic (exact) mass is 236 g/mol. The lowest BCUT2D eigenvalue weighted by Crippen LogP contribution is -2.41. The average Bonchev–Trinajstić information content (AvgIpc) is 2.87. The van der Waals surface area contributed by atoms with Crippen molar-refractivity contribution in [2.24, 2.45) is 0 Å². The summed E-state index contributed by atoms with van der Waals surface area (Å²) in [5.74, 6) is 1.86.